The SMILES string of the molecule is O=C(c1cscn1)N1CCC(=NO)CC1. The molecule has 0 saturated carbocycles. The van der Waals surface area contributed by atoms with Crippen LogP contribution in [0.3, 0.4) is 0 Å². The Hall–Kier alpha value is -1.43. The van der Waals surface area contributed by atoms with Gasteiger partial charge >= 0.3 is 0 Å². The van der Waals surface area contributed by atoms with E-state index in [4.69, 9.17) is 5.21 Å². The van der Waals surface area contributed by atoms with Gasteiger partial charge in [0, 0.05) is 31.3 Å². The predicted molar refractivity (Wildman–Crippen MR) is 56.5 cm³/mol. The first-order valence-corrected chi connectivity index (χ1v) is 5.63. The first kappa shape index (κ1) is 10.1. The van der Waals surface area contributed by atoms with E-state index in [1.54, 1.807) is 15.8 Å². The number of thiazole rings is 1. The van der Waals surface area contributed by atoms with Gasteiger partial charge in [0.15, 0.2) is 0 Å². The third kappa shape index (κ3) is 2.15. The van der Waals surface area contributed by atoms with Crippen LogP contribution in [0.5, 0.6) is 0 Å². The molecule has 1 fully saturated rings. The van der Waals surface area contributed by atoms with Crippen LogP contribution in [0, 0.1) is 0 Å². The van der Waals surface area contributed by atoms with Crippen molar-refractivity contribution < 1.29 is 10.0 Å². The molecule has 0 spiro atoms. The average Bonchev–Trinajstić information content (AvgIpc) is 2.82. The van der Waals surface area contributed by atoms with Crippen molar-refractivity contribution in [1.82, 2.24) is 9.88 Å². The highest BCUT2D eigenvalue weighted by molar-refractivity contribution is 7.07. The monoisotopic (exact) mass is 225 g/mol. The number of amides is 1. The zero-order valence-corrected chi connectivity index (χ0v) is 8.90. The van der Waals surface area contributed by atoms with E-state index in [2.05, 4.69) is 10.1 Å². The number of nitrogens with zero attached hydrogens (tertiary/aromatic N) is 3. The number of hydrogen-bond acceptors (Lipinski definition) is 5. The van der Waals surface area contributed by atoms with Gasteiger partial charge in [-0.15, -0.1) is 11.3 Å². The number of carbonyl (C=O) groups excluding carboxylic acids is 1. The van der Waals surface area contributed by atoms with E-state index in [9.17, 15) is 4.79 Å². The van der Waals surface area contributed by atoms with Crippen LogP contribution in [-0.4, -0.2) is 39.8 Å². The molecule has 0 atom stereocenters. The summed E-state index contributed by atoms with van der Waals surface area (Å²) in [5.41, 5.74) is 2.92. The van der Waals surface area contributed by atoms with E-state index in [1.165, 1.54) is 11.3 Å². The molecule has 6 heteroatoms. The van der Waals surface area contributed by atoms with Crippen LogP contribution in [0.15, 0.2) is 16.0 Å². The van der Waals surface area contributed by atoms with Gasteiger partial charge in [0.2, 0.25) is 0 Å². The van der Waals surface area contributed by atoms with Crippen LogP contribution in [0.4, 0.5) is 0 Å². The minimum atomic E-state index is -0.0340. The summed E-state index contributed by atoms with van der Waals surface area (Å²) in [6.07, 6.45) is 1.29. The van der Waals surface area contributed by atoms with E-state index in [0.717, 1.165) is 5.71 Å². The van der Waals surface area contributed by atoms with Crippen LogP contribution in [0.1, 0.15) is 23.3 Å². The Labute approximate surface area is 91.0 Å². The lowest BCUT2D eigenvalue weighted by Crippen LogP contribution is -2.38. The maximum Gasteiger partial charge on any atom is 0.273 e. The number of aromatic nitrogens is 1. The highest BCUT2D eigenvalue weighted by atomic mass is 32.1. The lowest BCUT2D eigenvalue weighted by Gasteiger charge is -2.26. The smallest absolute Gasteiger partial charge is 0.273 e. The van der Waals surface area contributed by atoms with Gasteiger partial charge in [-0.1, -0.05) is 5.16 Å². The largest absolute Gasteiger partial charge is 0.411 e. The predicted octanol–water partition coefficient (Wildman–Crippen LogP) is 1.21. The number of piperidine rings is 1. The molecule has 0 aliphatic carbocycles. The van der Waals surface area contributed by atoms with E-state index >= 15 is 0 Å². The molecule has 0 bridgehead atoms. The maximum atomic E-state index is 11.8. The zero-order valence-electron chi connectivity index (χ0n) is 8.09. The standard InChI is InChI=1S/C9H11N3O2S/c13-9(8-5-15-6-10-8)12-3-1-7(11-14)2-4-12/h5-6,14H,1-4H2. The molecule has 1 amide bonds. The topological polar surface area (TPSA) is 65.8 Å². The molecule has 5 nitrogen and oxygen atoms in total. The first-order valence-electron chi connectivity index (χ1n) is 4.68. The highest BCUT2D eigenvalue weighted by Gasteiger charge is 2.22. The fourth-order valence-corrected chi connectivity index (χ4v) is 2.07. The summed E-state index contributed by atoms with van der Waals surface area (Å²) in [7, 11) is 0. The summed E-state index contributed by atoms with van der Waals surface area (Å²) in [6.45, 7) is 1.21. The van der Waals surface area contributed by atoms with Crippen molar-refractivity contribution in [2.75, 3.05) is 13.1 Å². The highest BCUT2D eigenvalue weighted by Crippen LogP contribution is 2.12. The summed E-state index contributed by atoms with van der Waals surface area (Å²) >= 11 is 1.41. The van der Waals surface area contributed by atoms with Gasteiger partial charge in [-0.25, -0.2) is 4.98 Å². The minimum absolute atomic E-state index is 0.0340. The van der Waals surface area contributed by atoms with Gasteiger partial charge in [-0.3, -0.25) is 4.79 Å². The van der Waals surface area contributed by atoms with Gasteiger partial charge in [0.25, 0.3) is 5.91 Å². The summed E-state index contributed by atoms with van der Waals surface area (Å²) in [5, 5.41) is 13.5. The summed E-state index contributed by atoms with van der Waals surface area (Å²) < 4.78 is 0. The molecular weight excluding hydrogens is 214 g/mol. The molecule has 1 aliphatic heterocycles. The second-order valence-corrected chi connectivity index (χ2v) is 4.05. The molecule has 0 radical (unpaired) electrons. The summed E-state index contributed by atoms with van der Waals surface area (Å²) in [6, 6.07) is 0. The van der Waals surface area contributed by atoms with Crippen molar-refractivity contribution >= 4 is 23.0 Å². The number of hydrogen-bond donors (Lipinski definition) is 1. The molecule has 1 N–H and O–H groups in total. The molecule has 2 heterocycles. The lowest BCUT2D eigenvalue weighted by atomic mass is 10.1. The maximum absolute atomic E-state index is 11.8. The zero-order chi connectivity index (χ0) is 10.7. The number of oxime groups is 1. The minimum Gasteiger partial charge on any atom is -0.411 e. The van der Waals surface area contributed by atoms with E-state index < -0.39 is 0 Å². The average molecular weight is 225 g/mol. The third-order valence-electron chi connectivity index (χ3n) is 2.42. The van der Waals surface area contributed by atoms with E-state index in [1.807, 2.05) is 0 Å². The number of likely N-dealkylation sites (tertiary alicyclic amines) is 1. The Kier molecular flexibility index (Phi) is 2.96. The fraction of sp³-hybridized carbons (Fsp3) is 0.444. The summed E-state index contributed by atoms with van der Waals surface area (Å²) in [5.74, 6) is -0.0340. The van der Waals surface area contributed by atoms with Crippen LogP contribution in [0.2, 0.25) is 0 Å². The molecule has 15 heavy (non-hydrogen) atoms. The molecule has 0 aromatic carbocycles. The second-order valence-electron chi connectivity index (χ2n) is 3.33. The quantitative estimate of drug-likeness (QED) is 0.577. The molecule has 0 unspecified atom stereocenters. The molecule has 1 aliphatic rings. The van der Waals surface area contributed by atoms with Crippen LogP contribution < -0.4 is 0 Å². The van der Waals surface area contributed by atoms with Gasteiger partial charge < -0.3 is 10.1 Å². The van der Waals surface area contributed by atoms with Crippen LogP contribution in [0.25, 0.3) is 0 Å². The molecule has 1 aromatic rings. The Morgan fingerprint density at radius 3 is 2.80 bits per heavy atom. The van der Waals surface area contributed by atoms with Crippen molar-refractivity contribution in [3.8, 4) is 0 Å². The number of carbonyl (C=O) groups is 1. The Bertz CT molecular complexity index is 365. The van der Waals surface area contributed by atoms with Gasteiger partial charge in [-0.05, 0) is 0 Å². The molecule has 80 valence electrons. The molecule has 1 saturated heterocycles. The van der Waals surface area contributed by atoms with Crippen molar-refractivity contribution in [3.63, 3.8) is 0 Å². The van der Waals surface area contributed by atoms with E-state index in [0.29, 0.717) is 31.6 Å². The van der Waals surface area contributed by atoms with Crippen molar-refractivity contribution in [2.24, 2.45) is 5.16 Å². The lowest BCUT2D eigenvalue weighted by molar-refractivity contribution is 0.0748. The number of rotatable bonds is 1. The van der Waals surface area contributed by atoms with Gasteiger partial charge in [0.1, 0.15) is 5.69 Å². The Morgan fingerprint density at radius 1 is 1.53 bits per heavy atom. The Morgan fingerprint density at radius 2 is 2.27 bits per heavy atom. The van der Waals surface area contributed by atoms with Crippen molar-refractivity contribution in [3.05, 3.63) is 16.6 Å². The van der Waals surface area contributed by atoms with Crippen molar-refractivity contribution in [1.29, 1.82) is 0 Å². The fourth-order valence-electron chi connectivity index (χ4n) is 1.55. The Balaban J connectivity index is 1.99. The first-order chi connectivity index (χ1) is 7.31. The van der Waals surface area contributed by atoms with Gasteiger partial charge in [-0.2, -0.15) is 0 Å². The van der Waals surface area contributed by atoms with Gasteiger partial charge in [0.05, 0.1) is 11.2 Å². The van der Waals surface area contributed by atoms with E-state index in [-0.39, 0.29) is 5.91 Å². The van der Waals surface area contributed by atoms with Crippen LogP contribution in [-0.2, 0) is 0 Å². The van der Waals surface area contributed by atoms with Crippen LogP contribution >= 0.6 is 11.3 Å². The normalized spacial score (nSPS) is 16.5. The third-order valence-corrected chi connectivity index (χ3v) is 3.01. The molecule has 1 aromatic heterocycles. The molecular formula is C9H11N3O2S. The molecule has 2 rings (SSSR count). The summed E-state index contributed by atoms with van der Waals surface area (Å²) in [4.78, 5) is 17.5. The second kappa shape index (κ2) is 4.39. The van der Waals surface area contributed by atoms with Crippen molar-refractivity contribution in [2.45, 2.75) is 12.8 Å².